The molecule has 3 aromatic heterocycles. The first-order valence-corrected chi connectivity index (χ1v) is 33.5. The van der Waals surface area contributed by atoms with E-state index in [0.29, 0.717) is 17.8 Å². The molecule has 16 rings (SSSR count). The highest BCUT2D eigenvalue weighted by Gasteiger charge is 2.57. The summed E-state index contributed by atoms with van der Waals surface area (Å²) >= 11 is 0. The molecule has 1 spiro atoms. The molecule has 3 nitrogen and oxygen atoms in total. The summed E-state index contributed by atoms with van der Waals surface area (Å²) in [7, 11) is -3.23. The Bertz CT molecular complexity index is 4900. The van der Waals surface area contributed by atoms with Crippen molar-refractivity contribution in [2.75, 3.05) is 0 Å². The van der Waals surface area contributed by atoms with E-state index in [1.807, 2.05) is 0 Å². The van der Waals surface area contributed by atoms with E-state index in [1.165, 1.54) is 154 Å². The third-order valence-corrected chi connectivity index (χ3v) is 25.8. The molecule has 4 aliphatic heterocycles. The van der Waals surface area contributed by atoms with Gasteiger partial charge in [-0.1, -0.05) is 210 Å². The van der Waals surface area contributed by atoms with Crippen molar-refractivity contribution >= 4 is 117 Å². The van der Waals surface area contributed by atoms with E-state index in [1.54, 1.807) is 15.6 Å². The molecule has 0 saturated heterocycles. The summed E-state index contributed by atoms with van der Waals surface area (Å²) in [5, 5.41) is 14.4. The molecule has 0 radical (unpaired) electrons. The molecular formula is C79H80BN3Si. The molecule has 7 heterocycles. The van der Waals surface area contributed by atoms with Crippen molar-refractivity contribution in [2.24, 2.45) is 0 Å². The monoisotopic (exact) mass is 1110 g/mol. The van der Waals surface area contributed by atoms with Crippen molar-refractivity contribution in [3.05, 3.63) is 178 Å². The van der Waals surface area contributed by atoms with Crippen molar-refractivity contribution in [3.8, 4) is 28.2 Å². The molecule has 0 fully saturated rings. The van der Waals surface area contributed by atoms with Crippen LogP contribution in [0.3, 0.4) is 0 Å². The summed E-state index contributed by atoms with van der Waals surface area (Å²) in [4.78, 5) is 0. The Morgan fingerprint density at radius 1 is 0.357 bits per heavy atom. The Morgan fingerprint density at radius 3 is 1.49 bits per heavy atom. The van der Waals surface area contributed by atoms with Crippen LogP contribution in [0.1, 0.15) is 181 Å². The molecule has 0 N–H and O–H groups in total. The molecule has 4 aliphatic rings. The van der Waals surface area contributed by atoms with Gasteiger partial charge in [-0.3, -0.25) is 0 Å². The van der Waals surface area contributed by atoms with Gasteiger partial charge in [0, 0.05) is 54.9 Å². The number of fused-ring (bicyclic) bond motifs is 18. The average Bonchev–Trinajstić information content (AvgIpc) is 1.43. The minimum atomic E-state index is -3.23. The Kier molecular flexibility index (Phi) is 10.3. The van der Waals surface area contributed by atoms with Gasteiger partial charge in [-0.15, -0.1) is 0 Å². The molecule has 9 aromatic carbocycles. The minimum Gasteiger partial charge on any atom is -0.310 e. The van der Waals surface area contributed by atoms with Gasteiger partial charge in [0.15, 0.2) is 8.07 Å². The van der Waals surface area contributed by atoms with Crippen molar-refractivity contribution < 1.29 is 0 Å². The van der Waals surface area contributed by atoms with E-state index in [2.05, 4.69) is 278 Å². The second-order valence-corrected chi connectivity index (χ2v) is 34.8. The van der Waals surface area contributed by atoms with Gasteiger partial charge in [0.25, 0.3) is 6.71 Å². The highest BCUT2D eigenvalue weighted by Crippen LogP contribution is 2.48. The molecule has 0 bridgehead atoms. The van der Waals surface area contributed by atoms with E-state index in [0.717, 1.165) is 0 Å². The minimum absolute atomic E-state index is 0.0491. The zero-order valence-corrected chi connectivity index (χ0v) is 53.9. The van der Waals surface area contributed by atoms with Crippen molar-refractivity contribution in [3.63, 3.8) is 0 Å². The van der Waals surface area contributed by atoms with Crippen LogP contribution >= 0.6 is 0 Å². The predicted octanol–water partition coefficient (Wildman–Crippen LogP) is 16.4. The van der Waals surface area contributed by atoms with Crippen LogP contribution in [0.4, 0.5) is 0 Å². The second kappa shape index (κ2) is 16.5. The lowest BCUT2D eigenvalue weighted by molar-refractivity contribution is 0.590. The number of rotatable bonds is 4. The van der Waals surface area contributed by atoms with Crippen LogP contribution in [0.2, 0.25) is 0 Å². The third kappa shape index (κ3) is 6.60. The van der Waals surface area contributed by atoms with E-state index < -0.39 is 8.07 Å². The largest absolute Gasteiger partial charge is 0.310 e. The first kappa shape index (κ1) is 52.2. The lowest BCUT2D eigenvalue weighted by Gasteiger charge is -2.43. The van der Waals surface area contributed by atoms with Crippen LogP contribution in [0.25, 0.3) is 93.6 Å². The fourth-order valence-electron chi connectivity index (χ4n) is 16.2. The maximum Gasteiger partial charge on any atom is 0.253 e. The van der Waals surface area contributed by atoms with Crippen LogP contribution in [0.15, 0.2) is 140 Å². The summed E-state index contributed by atoms with van der Waals surface area (Å²) in [5.74, 6) is 1.20. The molecule has 0 saturated carbocycles. The van der Waals surface area contributed by atoms with Crippen LogP contribution in [0, 0.1) is 0 Å². The Hall–Kier alpha value is -7.34. The van der Waals surface area contributed by atoms with Gasteiger partial charge >= 0.3 is 0 Å². The van der Waals surface area contributed by atoms with Crippen LogP contribution in [-0.2, 0) is 21.7 Å². The molecular weight excluding hydrogens is 1030 g/mol. The van der Waals surface area contributed by atoms with Crippen molar-refractivity contribution in [2.45, 2.75) is 164 Å². The average molecular weight is 1110 g/mol. The fourth-order valence-corrected chi connectivity index (χ4v) is 21.9. The maximum atomic E-state index is 2.87. The highest BCUT2D eigenvalue weighted by atomic mass is 28.3. The van der Waals surface area contributed by atoms with E-state index in [4.69, 9.17) is 0 Å². The molecule has 12 aromatic rings. The molecule has 0 unspecified atom stereocenters. The Labute approximate surface area is 498 Å². The quantitative estimate of drug-likeness (QED) is 0.156. The Balaban J connectivity index is 1.18. The zero-order valence-electron chi connectivity index (χ0n) is 52.9. The van der Waals surface area contributed by atoms with Gasteiger partial charge in [0.05, 0.1) is 27.6 Å². The van der Waals surface area contributed by atoms with Crippen LogP contribution in [0.5, 0.6) is 0 Å². The molecule has 84 heavy (non-hydrogen) atoms. The highest BCUT2D eigenvalue weighted by molar-refractivity contribution is 7.24. The fraction of sp³-hybridized carbons (Fsp3) is 0.316. The summed E-state index contributed by atoms with van der Waals surface area (Å²) in [6, 6.07) is 58.5. The molecule has 418 valence electrons. The number of aromatic nitrogens is 3. The summed E-state index contributed by atoms with van der Waals surface area (Å²) < 4.78 is 8.28. The molecule has 0 aliphatic carbocycles. The molecule has 0 amide bonds. The maximum absolute atomic E-state index is 3.23. The van der Waals surface area contributed by atoms with Gasteiger partial charge in [0.2, 0.25) is 0 Å². The predicted molar refractivity (Wildman–Crippen MR) is 367 cm³/mol. The SMILES string of the molecule is CC(C)c1ccc(-n2c3cc(C(C)C)ccc3c3c4c5c(cc32)c2cc(C(C)C)ccc2n5-c2ccc3c5c2B4c2cc(C(C)(C)C)cc4c6cc(C(C)(C)C)cc(c6n-5c24)[Si]32c3cc(C(C)(C)C)ccc3-c3ccc(C(C)(C)C)cc32)cc1. The summed E-state index contributed by atoms with van der Waals surface area (Å²) in [5.41, 5.74) is 28.6. The second-order valence-electron chi connectivity index (χ2n) is 31.2. The standard InChI is InChI=1S/C79H80BN3Si/c1-42(2)45-19-25-52(26-20-45)81-63-34-47(44(5)6)21-27-55(63)69-64(81)41-59-56-33-46(43(3)4)22-30-61(56)82-62-31-32-65-75-70(62)80(71(69)74(59)82)60-37-50(78(13,14)15)35-57-58-36-51(79(16,17)18)40-68(73(58)83(75)72(57)60)84(65)66-38-48(76(7,8)9)23-28-53(66)54-29-24-49(39-67(54)84)77(10,11)12/h19-44H,1-18H3. The van der Waals surface area contributed by atoms with E-state index in [9.17, 15) is 0 Å². The van der Waals surface area contributed by atoms with E-state index >= 15 is 0 Å². The lowest BCUT2D eigenvalue weighted by Crippen LogP contribution is -2.77. The Morgan fingerprint density at radius 2 is 0.893 bits per heavy atom. The van der Waals surface area contributed by atoms with Crippen LogP contribution in [-0.4, -0.2) is 28.5 Å². The molecule has 5 heteroatoms. The number of benzene rings is 9. The van der Waals surface area contributed by atoms with Gasteiger partial charge in [0.1, 0.15) is 0 Å². The van der Waals surface area contributed by atoms with Gasteiger partial charge in [-0.2, -0.15) is 0 Å². The lowest BCUT2D eigenvalue weighted by atomic mass is 9.33. The topological polar surface area (TPSA) is 14.8 Å². The summed E-state index contributed by atoms with van der Waals surface area (Å²) in [6.07, 6.45) is 0. The smallest absolute Gasteiger partial charge is 0.253 e. The van der Waals surface area contributed by atoms with Gasteiger partial charge < -0.3 is 13.7 Å². The normalized spacial score (nSPS) is 14.9. The van der Waals surface area contributed by atoms with Gasteiger partial charge in [-0.25, -0.2) is 0 Å². The number of hydrogen-bond donors (Lipinski definition) is 0. The number of nitrogens with zero attached hydrogens (tertiary/aromatic N) is 3. The third-order valence-electron chi connectivity index (χ3n) is 21.0. The first-order chi connectivity index (χ1) is 39.7. The zero-order chi connectivity index (χ0) is 58.7. The number of hydrogen-bond acceptors (Lipinski definition) is 0. The van der Waals surface area contributed by atoms with Crippen molar-refractivity contribution in [1.82, 2.24) is 13.7 Å². The first-order valence-electron chi connectivity index (χ1n) is 31.5. The van der Waals surface area contributed by atoms with Crippen molar-refractivity contribution in [1.29, 1.82) is 0 Å². The van der Waals surface area contributed by atoms with E-state index in [-0.39, 0.29) is 28.4 Å². The van der Waals surface area contributed by atoms with Gasteiger partial charge in [-0.05, 0) is 181 Å². The molecule has 0 atom stereocenters. The summed E-state index contributed by atoms with van der Waals surface area (Å²) in [6.45, 7) is 43.0. The van der Waals surface area contributed by atoms with Crippen LogP contribution < -0.4 is 37.1 Å².